The van der Waals surface area contributed by atoms with Crippen LogP contribution in [0.4, 0.5) is 19.4 Å². The first-order valence-electron chi connectivity index (χ1n) is 6.85. The van der Waals surface area contributed by atoms with Crippen molar-refractivity contribution < 1.29 is 23.5 Å². The molecule has 23 heavy (non-hydrogen) atoms. The monoisotopic (exact) mass is 319 g/mol. The second-order valence-electron chi connectivity index (χ2n) is 4.62. The van der Waals surface area contributed by atoms with E-state index in [1.165, 1.54) is 18.2 Å². The van der Waals surface area contributed by atoms with Crippen LogP contribution in [0.15, 0.2) is 54.6 Å². The maximum absolute atomic E-state index is 13.9. The fraction of sp³-hybridized carbons (Fsp3) is 0.118. The molecule has 0 atom stereocenters. The first-order chi connectivity index (χ1) is 11.1. The summed E-state index contributed by atoms with van der Waals surface area (Å²) in [5.41, 5.74) is 0.592. The molecule has 1 N–H and O–H groups in total. The summed E-state index contributed by atoms with van der Waals surface area (Å²) in [6.45, 7) is -0.302. The number of hydrogen-bond donors (Lipinski definition) is 1. The highest BCUT2D eigenvalue weighted by atomic mass is 19.2. The van der Waals surface area contributed by atoms with Crippen molar-refractivity contribution in [3.8, 4) is 0 Å². The van der Waals surface area contributed by atoms with E-state index in [-0.39, 0.29) is 18.3 Å². The topological polar surface area (TPSA) is 49.8 Å². The van der Waals surface area contributed by atoms with Crippen LogP contribution in [0.3, 0.4) is 0 Å². The number of nitrogens with zero attached hydrogens (tertiary/aromatic N) is 1. The van der Waals surface area contributed by atoms with Gasteiger partial charge in [-0.2, -0.15) is 0 Å². The van der Waals surface area contributed by atoms with Gasteiger partial charge in [0.25, 0.3) is 0 Å². The molecular formula is C17H15F2NO3. The summed E-state index contributed by atoms with van der Waals surface area (Å²) in [7, 11) is 0. The van der Waals surface area contributed by atoms with Crippen molar-refractivity contribution in [3.05, 3.63) is 71.6 Å². The number of halogens is 2. The molecule has 2 aromatic rings. The summed E-state index contributed by atoms with van der Waals surface area (Å²) in [5, 5.41) is 8.28. The number of rotatable bonds is 5. The quantitative estimate of drug-likeness (QED) is 0.851. The molecule has 0 saturated heterocycles. The van der Waals surface area contributed by atoms with Crippen LogP contribution in [0.25, 0.3) is 6.08 Å². The van der Waals surface area contributed by atoms with Gasteiger partial charge in [-0.15, -0.1) is 5.12 Å². The number of anilines is 1. The Labute approximate surface area is 132 Å². The van der Waals surface area contributed by atoms with Crippen LogP contribution in [-0.2, 0) is 11.3 Å². The van der Waals surface area contributed by atoms with Gasteiger partial charge in [0.1, 0.15) is 18.1 Å². The van der Waals surface area contributed by atoms with Crippen LogP contribution in [0, 0.1) is 5.82 Å². The maximum Gasteiger partial charge on any atom is 0.443 e. The number of carbonyl (C=O) groups excluding carboxylic acids is 1. The molecule has 0 aliphatic rings. The zero-order valence-electron chi connectivity index (χ0n) is 12.2. The normalized spacial score (nSPS) is 10.7. The minimum absolute atomic E-state index is 0.112. The van der Waals surface area contributed by atoms with E-state index in [1.54, 1.807) is 30.3 Å². The van der Waals surface area contributed by atoms with Gasteiger partial charge >= 0.3 is 6.09 Å². The van der Waals surface area contributed by atoms with Crippen LogP contribution in [0.1, 0.15) is 11.1 Å². The SMILES string of the molecule is O=C(OCc1ccccc1)N(F)c1ccc(C=CCO)cc1F. The van der Waals surface area contributed by atoms with Gasteiger partial charge in [-0.05, 0) is 23.3 Å². The molecule has 120 valence electrons. The zero-order valence-corrected chi connectivity index (χ0v) is 12.2. The fourth-order valence-corrected chi connectivity index (χ4v) is 1.85. The first kappa shape index (κ1) is 16.6. The van der Waals surface area contributed by atoms with Crippen LogP contribution in [-0.4, -0.2) is 17.8 Å². The Balaban J connectivity index is 2.02. The summed E-state index contributed by atoms with van der Waals surface area (Å²) in [6, 6.07) is 12.4. The Kier molecular flexibility index (Phi) is 5.82. The average Bonchev–Trinajstić information content (AvgIpc) is 2.58. The molecule has 0 spiro atoms. The average molecular weight is 319 g/mol. The minimum atomic E-state index is -1.30. The number of amides is 1. The first-order valence-corrected chi connectivity index (χ1v) is 6.85. The van der Waals surface area contributed by atoms with Gasteiger partial charge in [0, 0.05) is 0 Å². The third kappa shape index (κ3) is 4.62. The largest absolute Gasteiger partial charge is 0.443 e. The second kappa shape index (κ2) is 8.05. The molecular weight excluding hydrogens is 304 g/mol. The Bertz CT molecular complexity index is 689. The Hall–Kier alpha value is -2.73. The molecule has 2 rings (SSSR count). The predicted octanol–water partition coefficient (Wildman–Crippen LogP) is 3.86. The van der Waals surface area contributed by atoms with E-state index in [0.29, 0.717) is 11.1 Å². The Morgan fingerprint density at radius 3 is 2.61 bits per heavy atom. The van der Waals surface area contributed by atoms with Crippen LogP contribution >= 0.6 is 0 Å². The van der Waals surface area contributed by atoms with Gasteiger partial charge in [0.05, 0.1) is 6.61 Å². The highest BCUT2D eigenvalue weighted by molar-refractivity contribution is 5.85. The van der Waals surface area contributed by atoms with Gasteiger partial charge in [-0.25, -0.2) is 9.18 Å². The van der Waals surface area contributed by atoms with Gasteiger partial charge in [0.15, 0.2) is 0 Å². The highest BCUT2D eigenvalue weighted by Crippen LogP contribution is 2.22. The summed E-state index contributed by atoms with van der Waals surface area (Å²) < 4.78 is 32.6. The van der Waals surface area contributed by atoms with E-state index in [4.69, 9.17) is 9.84 Å². The van der Waals surface area contributed by atoms with Crippen molar-refractivity contribution in [2.45, 2.75) is 6.61 Å². The molecule has 0 radical (unpaired) electrons. The molecule has 0 aliphatic heterocycles. The van der Waals surface area contributed by atoms with E-state index in [0.717, 1.165) is 12.1 Å². The molecule has 0 aromatic heterocycles. The highest BCUT2D eigenvalue weighted by Gasteiger charge is 2.20. The maximum atomic E-state index is 13.9. The molecule has 0 fully saturated rings. The Morgan fingerprint density at radius 1 is 1.22 bits per heavy atom. The minimum Gasteiger partial charge on any atom is -0.443 e. The molecule has 2 aromatic carbocycles. The van der Waals surface area contributed by atoms with Crippen molar-refractivity contribution in [2.24, 2.45) is 0 Å². The van der Waals surface area contributed by atoms with Crippen molar-refractivity contribution in [2.75, 3.05) is 11.7 Å². The molecule has 6 heteroatoms. The van der Waals surface area contributed by atoms with E-state index < -0.39 is 17.6 Å². The second-order valence-corrected chi connectivity index (χ2v) is 4.62. The van der Waals surface area contributed by atoms with E-state index in [9.17, 15) is 13.7 Å². The summed E-state index contributed by atoms with van der Waals surface area (Å²) in [5.74, 6) is -0.913. The Morgan fingerprint density at radius 2 is 1.96 bits per heavy atom. The summed E-state index contributed by atoms with van der Waals surface area (Å²) in [4.78, 5) is 11.6. The van der Waals surface area contributed by atoms with E-state index in [2.05, 4.69) is 0 Å². The lowest BCUT2D eigenvalue weighted by Crippen LogP contribution is -2.23. The standard InChI is InChI=1S/C17H15F2NO3/c18-15-11-13(7-4-10-21)8-9-16(15)20(19)17(22)23-12-14-5-2-1-3-6-14/h1-9,11,21H,10,12H2. The molecule has 0 aliphatic carbocycles. The lowest BCUT2D eigenvalue weighted by molar-refractivity contribution is 0.133. The van der Waals surface area contributed by atoms with E-state index in [1.807, 2.05) is 0 Å². The van der Waals surface area contributed by atoms with Crippen molar-refractivity contribution in [3.63, 3.8) is 0 Å². The van der Waals surface area contributed by atoms with Crippen molar-refractivity contribution >= 4 is 17.9 Å². The van der Waals surface area contributed by atoms with Gasteiger partial charge in [-0.3, -0.25) is 0 Å². The predicted molar refractivity (Wildman–Crippen MR) is 82.7 cm³/mol. The zero-order chi connectivity index (χ0) is 16.7. The third-order valence-electron chi connectivity index (χ3n) is 2.96. The smallest absolute Gasteiger partial charge is 0.443 e. The van der Waals surface area contributed by atoms with Crippen LogP contribution in [0.5, 0.6) is 0 Å². The summed E-state index contributed by atoms with van der Waals surface area (Å²) in [6.07, 6.45) is 1.59. The number of hydrogen-bond acceptors (Lipinski definition) is 3. The molecule has 0 heterocycles. The number of benzene rings is 2. The lowest BCUT2D eigenvalue weighted by atomic mass is 10.2. The molecule has 1 amide bonds. The van der Waals surface area contributed by atoms with Crippen molar-refractivity contribution in [1.29, 1.82) is 0 Å². The van der Waals surface area contributed by atoms with Crippen LogP contribution in [0.2, 0.25) is 0 Å². The fourth-order valence-electron chi connectivity index (χ4n) is 1.85. The number of carbonyl (C=O) groups is 1. The number of ether oxygens (including phenoxy) is 1. The van der Waals surface area contributed by atoms with Crippen molar-refractivity contribution in [1.82, 2.24) is 0 Å². The summed E-state index contributed by atoms with van der Waals surface area (Å²) >= 11 is 0. The van der Waals surface area contributed by atoms with Gasteiger partial charge in [0.2, 0.25) is 0 Å². The molecule has 0 unspecified atom stereocenters. The molecule has 0 bridgehead atoms. The molecule has 0 saturated carbocycles. The molecule has 4 nitrogen and oxygen atoms in total. The number of aliphatic hydroxyl groups excluding tert-OH is 1. The van der Waals surface area contributed by atoms with Gasteiger partial charge < -0.3 is 9.84 Å². The van der Waals surface area contributed by atoms with Gasteiger partial charge in [-0.1, -0.05) is 53.0 Å². The van der Waals surface area contributed by atoms with E-state index >= 15 is 0 Å². The number of aliphatic hydroxyl groups is 1. The van der Waals surface area contributed by atoms with Crippen LogP contribution < -0.4 is 5.12 Å². The lowest BCUT2D eigenvalue weighted by Gasteiger charge is -2.13. The third-order valence-corrected chi connectivity index (χ3v) is 2.96.